The fraction of sp³-hybridized carbons (Fsp3) is 0.333. The highest BCUT2D eigenvalue weighted by atomic mass is 35.5. The van der Waals surface area contributed by atoms with Crippen molar-refractivity contribution in [2.24, 2.45) is 0 Å². The number of fused-ring (bicyclic) bond motifs is 1. The van der Waals surface area contributed by atoms with E-state index in [0.29, 0.717) is 32.9 Å². The van der Waals surface area contributed by atoms with E-state index in [1.54, 1.807) is 18.2 Å². The minimum atomic E-state index is -0.168. The lowest BCUT2D eigenvalue weighted by Gasteiger charge is -2.26. The van der Waals surface area contributed by atoms with Crippen LogP contribution in [0.5, 0.6) is 0 Å². The van der Waals surface area contributed by atoms with Crippen molar-refractivity contribution in [1.82, 2.24) is 19.7 Å². The van der Waals surface area contributed by atoms with Crippen LogP contribution in [0.15, 0.2) is 62.9 Å². The topological polar surface area (TPSA) is 73.8 Å². The highest BCUT2D eigenvalue weighted by Gasteiger charge is 2.25. The van der Waals surface area contributed by atoms with Gasteiger partial charge in [0.2, 0.25) is 11.8 Å². The molecule has 0 unspecified atom stereocenters. The van der Waals surface area contributed by atoms with Crippen molar-refractivity contribution >= 4 is 34.3 Å². The molecule has 1 aliphatic rings. The van der Waals surface area contributed by atoms with Gasteiger partial charge in [-0.25, -0.2) is 4.98 Å². The average molecular weight is 467 g/mol. The van der Waals surface area contributed by atoms with Crippen LogP contribution in [0, 0.1) is 0 Å². The lowest BCUT2D eigenvalue weighted by Crippen LogP contribution is -2.29. The summed E-state index contributed by atoms with van der Waals surface area (Å²) < 4.78 is 7.83. The molecule has 2 aromatic carbocycles. The van der Waals surface area contributed by atoms with Crippen molar-refractivity contribution < 1.29 is 4.42 Å². The maximum Gasteiger partial charge on any atom is 0.262 e. The Kier molecular flexibility index (Phi) is 6.02. The lowest BCUT2D eigenvalue weighted by molar-refractivity contribution is 0.326. The van der Waals surface area contributed by atoms with E-state index in [1.165, 1.54) is 18.2 Å². The molecule has 0 amide bonds. The van der Waals surface area contributed by atoms with Gasteiger partial charge in [0.1, 0.15) is 0 Å². The quantitative estimate of drug-likeness (QED) is 0.248. The molecule has 2 aromatic heterocycles. The average Bonchev–Trinajstić information content (AvgIpc) is 3.31. The molecule has 0 aliphatic heterocycles. The molecule has 1 atom stereocenters. The minimum Gasteiger partial charge on any atom is -0.419 e. The number of halogens is 1. The van der Waals surface area contributed by atoms with Crippen molar-refractivity contribution in [2.75, 3.05) is 0 Å². The van der Waals surface area contributed by atoms with Gasteiger partial charge in [-0.05, 0) is 50.1 Å². The SMILES string of the molecule is C[C@H](Sc1nc2cc(Cl)ccc2c(=O)n1C1CCCCC1)c1nnc(-c2ccccc2)o1. The molecule has 4 aromatic rings. The normalized spacial score (nSPS) is 15.8. The van der Waals surface area contributed by atoms with Gasteiger partial charge in [-0.3, -0.25) is 9.36 Å². The molecule has 0 spiro atoms. The Morgan fingerprint density at radius 3 is 2.66 bits per heavy atom. The Morgan fingerprint density at radius 1 is 1.09 bits per heavy atom. The van der Waals surface area contributed by atoms with Crippen LogP contribution in [-0.4, -0.2) is 19.7 Å². The van der Waals surface area contributed by atoms with Crippen molar-refractivity contribution in [3.05, 3.63) is 69.8 Å². The van der Waals surface area contributed by atoms with Crippen LogP contribution in [-0.2, 0) is 0 Å². The standard InChI is InChI=1S/C24H23ClN4O2S/c1-15(21-27-28-22(31-21)16-8-4-2-5-9-16)32-24-26-20-14-17(25)12-13-19(20)23(30)29(24)18-10-6-3-7-11-18/h2,4-5,8-9,12-15,18H,3,6-7,10-11H2,1H3/t15-/m0/s1. The monoisotopic (exact) mass is 466 g/mol. The molecule has 0 N–H and O–H groups in total. The smallest absolute Gasteiger partial charge is 0.262 e. The second kappa shape index (κ2) is 9.08. The molecule has 0 radical (unpaired) electrons. The zero-order valence-electron chi connectivity index (χ0n) is 17.7. The molecule has 1 saturated carbocycles. The Hall–Kier alpha value is -2.64. The number of hydrogen-bond donors (Lipinski definition) is 0. The summed E-state index contributed by atoms with van der Waals surface area (Å²) >= 11 is 7.66. The van der Waals surface area contributed by atoms with Gasteiger partial charge in [0, 0.05) is 16.6 Å². The summed E-state index contributed by atoms with van der Waals surface area (Å²) in [4.78, 5) is 18.3. The molecule has 0 saturated heterocycles. The first-order chi connectivity index (χ1) is 15.6. The number of aromatic nitrogens is 4. The first kappa shape index (κ1) is 21.2. The van der Waals surface area contributed by atoms with E-state index < -0.39 is 0 Å². The fourth-order valence-electron chi connectivity index (χ4n) is 4.20. The van der Waals surface area contributed by atoms with Crippen molar-refractivity contribution in [1.29, 1.82) is 0 Å². The van der Waals surface area contributed by atoms with Gasteiger partial charge in [0.25, 0.3) is 5.56 Å². The van der Waals surface area contributed by atoms with E-state index in [4.69, 9.17) is 21.0 Å². The van der Waals surface area contributed by atoms with Gasteiger partial charge in [-0.15, -0.1) is 10.2 Å². The molecule has 164 valence electrons. The summed E-state index contributed by atoms with van der Waals surface area (Å²) in [5.74, 6) is 0.987. The van der Waals surface area contributed by atoms with E-state index in [9.17, 15) is 4.79 Å². The fourth-order valence-corrected chi connectivity index (χ4v) is 5.38. The molecule has 1 fully saturated rings. The van der Waals surface area contributed by atoms with Gasteiger partial charge in [-0.2, -0.15) is 0 Å². The van der Waals surface area contributed by atoms with Crippen LogP contribution in [0.3, 0.4) is 0 Å². The number of benzene rings is 2. The third-order valence-corrected chi connectivity index (χ3v) is 7.15. The summed E-state index contributed by atoms with van der Waals surface area (Å²) in [6, 6.07) is 15.1. The molecule has 32 heavy (non-hydrogen) atoms. The third-order valence-electron chi connectivity index (χ3n) is 5.86. The zero-order valence-corrected chi connectivity index (χ0v) is 19.3. The zero-order chi connectivity index (χ0) is 22.1. The molecule has 6 nitrogen and oxygen atoms in total. The van der Waals surface area contributed by atoms with E-state index in [1.807, 2.05) is 41.8 Å². The van der Waals surface area contributed by atoms with Crippen molar-refractivity contribution in [2.45, 2.75) is 55.5 Å². The first-order valence-corrected chi connectivity index (χ1v) is 12.1. The predicted octanol–water partition coefficient (Wildman–Crippen LogP) is 6.46. The highest BCUT2D eigenvalue weighted by molar-refractivity contribution is 7.99. The molecular weight excluding hydrogens is 444 g/mol. The minimum absolute atomic E-state index is 0.0104. The van der Waals surface area contributed by atoms with Crippen LogP contribution >= 0.6 is 23.4 Å². The van der Waals surface area contributed by atoms with Crippen LogP contribution in [0.25, 0.3) is 22.4 Å². The van der Waals surface area contributed by atoms with E-state index in [0.717, 1.165) is 31.2 Å². The van der Waals surface area contributed by atoms with Gasteiger partial charge >= 0.3 is 0 Å². The van der Waals surface area contributed by atoms with Crippen LogP contribution in [0.1, 0.15) is 56.2 Å². The lowest BCUT2D eigenvalue weighted by atomic mass is 9.95. The Balaban J connectivity index is 1.52. The summed E-state index contributed by atoms with van der Waals surface area (Å²) in [6.07, 6.45) is 5.44. The molecular formula is C24H23ClN4O2S. The summed E-state index contributed by atoms with van der Waals surface area (Å²) in [7, 11) is 0. The van der Waals surface area contributed by atoms with Crippen LogP contribution in [0.2, 0.25) is 5.02 Å². The second-order valence-corrected chi connectivity index (χ2v) is 9.84. The maximum atomic E-state index is 13.5. The third kappa shape index (κ3) is 4.19. The van der Waals surface area contributed by atoms with Crippen molar-refractivity contribution in [3.63, 3.8) is 0 Å². The Morgan fingerprint density at radius 2 is 1.88 bits per heavy atom. The second-order valence-electron chi connectivity index (χ2n) is 8.09. The molecule has 8 heteroatoms. The summed E-state index contributed by atoms with van der Waals surface area (Å²) in [5.41, 5.74) is 1.48. The largest absolute Gasteiger partial charge is 0.419 e. The van der Waals surface area contributed by atoms with E-state index >= 15 is 0 Å². The Bertz CT molecular complexity index is 1300. The Labute approximate surface area is 195 Å². The summed E-state index contributed by atoms with van der Waals surface area (Å²) in [5, 5.41) is 10.1. The molecule has 1 aliphatic carbocycles. The molecule has 5 rings (SSSR count). The number of rotatable bonds is 5. The molecule has 0 bridgehead atoms. The van der Waals surface area contributed by atoms with Gasteiger partial charge < -0.3 is 4.42 Å². The van der Waals surface area contributed by atoms with Gasteiger partial charge in [-0.1, -0.05) is 60.8 Å². The van der Waals surface area contributed by atoms with Crippen LogP contribution < -0.4 is 5.56 Å². The van der Waals surface area contributed by atoms with Gasteiger partial charge in [0.15, 0.2) is 5.16 Å². The number of nitrogens with zero attached hydrogens (tertiary/aromatic N) is 4. The highest BCUT2D eigenvalue weighted by Crippen LogP contribution is 2.37. The number of thioether (sulfide) groups is 1. The summed E-state index contributed by atoms with van der Waals surface area (Å²) in [6.45, 7) is 1.99. The predicted molar refractivity (Wildman–Crippen MR) is 127 cm³/mol. The van der Waals surface area contributed by atoms with E-state index in [2.05, 4.69) is 10.2 Å². The first-order valence-electron chi connectivity index (χ1n) is 10.9. The van der Waals surface area contributed by atoms with Crippen LogP contribution in [0.4, 0.5) is 0 Å². The van der Waals surface area contributed by atoms with Gasteiger partial charge in [0.05, 0.1) is 16.2 Å². The number of hydrogen-bond acceptors (Lipinski definition) is 6. The van der Waals surface area contributed by atoms with E-state index in [-0.39, 0.29) is 16.9 Å². The van der Waals surface area contributed by atoms with Crippen molar-refractivity contribution in [3.8, 4) is 11.5 Å². The molecule has 2 heterocycles. The maximum absolute atomic E-state index is 13.5.